The summed E-state index contributed by atoms with van der Waals surface area (Å²) in [4.78, 5) is 12.5. The van der Waals surface area contributed by atoms with Crippen molar-refractivity contribution in [1.82, 2.24) is 0 Å². The maximum atomic E-state index is 12.5. The van der Waals surface area contributed by atoms with E-state index in [1.807, 2.05) is 56.3 Å². The van der Waals surface area contributed by atoms with Crippen LogP contribution < -0.4 is 0 Å². The van der Waals surface area contributed by atoms with Crippen LogP contribution in [-0.2, 0) is 4.74 Å². The molecule has 2 aromatic carbocycles. The Balaban J connectivity index is 2.51. The van der Waals surface area contributed by atoms with Crippen molar-refractivity contribution < 1.29 is 9.53 Å². The Morgan fingerprint density at radius 2 is 1.72 bits per heavy atom. The van der Waals surface area contributed by atoms with Crippen LogP contribution >= 0.6 is 0 Å². The highest BCUT2D eigenvalue weighted by Gasteiger charge is 2.24. The van der Waals surface area contributed by atoms with Gasteiger partial charge in [0.2, 0.25) is 0 Å². The molecule has 0 aromatic heterocycles. The van der Waals surface area contributed by atoms with Crippen molar-refractivity contribution in [1.29, 1.82) is 0 Å². The van der Waals surface area contributed by atoms with E-state index < -0.39 is 0 Å². The van der Waals surface area contributed by atoms with Crippen LogP contribution in [0.5, 0.6) is 0 Å². The lowest BCUT2D eigenvalue weighted by molar-refractivity contribution is 0.0460. The summed E-state index contributed by atoms with van der Waals surface area (Å²) in [6.45, 7) is 3.99. The van der Waals surface area contributed by atoms with Crippen LogP contribution in [0.4, 0.5) is 0 Å². The quantitative estimate of drug-likeness (QED) is 0.764. The number of methoxy groups -OCH3 is 1. The van der Waals surface area contributed by atoms with Crippen LogP contribution in [0.3, 0.4) is 0 Å². The van der Waals surface area contributed by atoms with E-state index in [4.69, 9.17) is 4.74 Å². The fraction of sp³-hybridized carbons (Fsp3) is 0.312. The number of ketones is 1. The van der Waals surface area contributed by atoms with E-state index in [0.29, 0.717) is 0 Å². The largest absolute Gasteiger partial charge is 0.373 e. The molecule has 18 heavy (non-hydrogen) atoms. The summed E-state index contributed by atoms with van der Waals surface area (Å²) < 4.78 is 5.33. The fourth-order valence-corrected chi connectivity index (χ4v) is 2.28. The van der Waals surface area contributed by atoms with E-state index in [9.17, 15) is 4.79 Å². The van der Waals surface area contributed by atoms with Gasteiger partial charge in [-0.05, 0) is 16.7 Å². The number of carbonyl (C=O) groups excluding carboxylic acids is 1. The topological polar surface area (TPSA) is 26.3 Å². The standard InChI is InChI=1S/C16H18O2/c1-11(2)16(18-3)15(17)14-10-6-8-12-7-4-5-9-13(12)14/h4-11,16H,1-3H3. The molecule has 0 N–H and O–H groups in total. The maximum Gasteiger partial charge on any atom is 0.192 e. The van der Waals surface area contributed by atoms with Crippen molar-refractivity contribution in [3.8, 4) is 0 Å². The number of carbonyl (C=O) groups is 1. The Bertz CT molecular complexity index is 553. The summed E-state index contributed by atoms with van der Waals surface area (Å²) in [6, 6.07) is 13.7. The molecular formula is C16H18O2. The molecule has 2 aromatic rings. The van der Waals surface area contributed by atoms with E-state index in [2.05, 4.69) is 0 Å². The molecule has 1 atom stereocenters. The van der Waals surface area contributed by atoms with Gasteiger partial charge in [0.25, 0.3) is 0 Å². The number of Topliss-reactive ketones (excluding diaryl/α,β-unsaturated/α-hetero) is 1. The Kier molecular flexibility index (Phi) is 3.78. The molecule has 0 aliphatic carbocycles. The normalized spacial score (nSPS) is 12.9. The molecule has 0 aliphatic rings. The smallest absolute Gasteiger partial charge is 0.192 e. The van der Waals surface area contributed by atoms with Crippen LogP contribution in [0.25, 0.3) is 10.8 Å². The third kappa shape index (κ3) is 2.29. The Hall–Kier alpha value is -1.67. The number of hydrogen-bond donors (Lipinski definition) is 0. The van der Waals surface area contributed by atoms with Crippen LogP contribution in [0.15, 0.2) is 42.5 Å². The van der Waals surface area contributed by atoms with E-state index in [-0.39, 0.29) is 17.8 Å². The van der Waals surface area contributed by atoms with E-state index in [1.165, 1.54) is 0 Å². The Labute approximate surface area is 108 Å². The molecule has 0 heterocycles. The van der Waals surface area contributed by atoms with Crippen molar-refractivity contribution in [3.05, 3.63) is 48.0 Å². The second kappa shape index (κ2) is 5.32. The molecule has 0 saturated carbocycles. The minimum atomic E-state index is -0.379. The summed E-state index contributed by atoms with van der Waals surface area (Å²) >= 11 is 0. The van der Waals surface area contributed by atoms with Crippen molar-refractivity contribution in [2.24, 2.45) is 5.92 Å². The maximum absolute atomic E-state index is 12.5. The fourth-order valence-electron chi connectivity index (χ4n) is 2.28. The molecule has 1 unspecified atom stereocenters. The number of ether oxygens (including phenoxy) is 1. The van der Waals surface area contributed by atoms with Gasteiger partial charge in [-0.25, -0.2) is 0 Å². The van der Waals surface area contributed by atoms with Crippen LogP contribution in [0.2, 0.25) is 0 Å². The van der Waals surface area contributed by atoms with Gasteiger partial charge in [-0.3, -0.25) is 4.79 Å². The van der Waals surface area contributed by atoms with Gasteiger partial charge in [-0.2, -0.15) is 0 Å². The summed E-state index contributed by atoms with van der Waals surface area (Å²) in [5.41, 5.74) is 0.744. The van der Waals surface area contributed by atoms with Gasteiger partial charge in [-0.1, -0.05) is 56.3 Å². The van der Waals surface area contributed by atoms with Gasteiger partial charge in [-0.15, -0.1) is 0 Å². The average Bonchev–Trinajstić information content (AvgIpc) is 2.38. The second-order valence-corrected chi connectivity index (χ2v) is 4.79. The Morgan fingerprint density at radius 1 is 1.06 bits per heavy atom. The van der Waals surface area contributed by atoms with Gasteiger partial charge >= 0.3 is 0 Å². The zero-order valence-electron chi connectivity index (χ0n) is 11.0. The molecular weight excluding hydrogens is 224 g/mol. The predicted octanol–water partition coefficient (Wildman–Crippen LogP) is 3.69. The highest BCUT2D eigenvalue weighted by molar-refractivity contribution is 6.10. The molecule has 0 spiro atoms. The minimum absolute atomic E-state index is 0.0595. The first kappa shape index (κ1) is 12.8. The lowest BCUT2D eigenvalue weighted by Gasteiger charge is -2.18. The first-order chi connectivity index (χ1) is 8.65. The second-order valence-electron chi connectivity index (χ2n) is 4.79. The zero-order valence-corrected chi connectivity index (χ0v) is 11.0. The first-order valence-electron chi connectivity index (χ1n) is 6.20. The number of benzene rings is 2. The van der Waals surface area contributed by atoms with Crippen molar-refractivity contribution >= 4 is 16.6 Å². The molecule has 0 saturated heterocycles. The summed E-state index contributed by atoms with van der Waals surface area (Å²) in [5, 5.41) is 2.08. The van der Waals surface area contributed by atoms with E-state index in [0.717, 1.165) is 16.3 Å². The molecule has 2 rings (SSSR count). The number of hydrogen-bond acceptors (Lipinski definition) is 2. The Morgan fingerprint density at radius 3 is 2.39 bits per heavy atom. The predicted molar refractivity (Wildman–Crippen MR) is 73.9 cm³/mol. The third-order valence-electron chi connectivity index (χ3n) is 3.17. The van der Waals surface area contributed by atoms with Crippen LogP contribution in [-0.4, -0.2) is 19.0 Å². The first-order valence-corrected chi connectivity index (χ1v) is 6.20. The van der Waals surface area contributed by atoms with Gasteiger partial charge < -0.3 is 4.74 Å². The average molecular weight is 242 g/mol. The van der Waals surface area contributed by atoms with Gasteiger partial charge in [0, 0.05) is 12.7 Å². The molecule has 2 heteroatoms. The SMILES string of the molecule is COC(C(=O)c1cccc2ccccc12)C(C)C. The lowest BCUT2D eigenvalue weighted by atomic mass is 9.94. The molecule has 0 radical (unpaired) electrons. The highest BCUT2D eigenvalue weighted by Crippen LogP contribution is 2.22. The highest BCUT2D eigenvalue weighted by atomic mass is 16.5. The van der Waals surface area contributed by atoms with E-state index >= 15 is 0 Å². The van der Waals surface area contributed by atoms with Gasteiger partial charge in [0.05, 0.1) is 0 Å². The molecule has 0 aliphatic heterocycles. The summed E-state index contributed by atoms with van der Waals surface area (Å²) in [5.74, 6) is 0.228. The summed E-state index contributed by atoms with van der Waals surface area (Å²) in [6.07, 6.45) is -0.379. The van der Waals surface area contributed by atoms with Crippen LogP contribution in [0, 0.1) is 5.92 Å². The molecule has 0 fully saturated rings. The van der Waals surface area contributed by atoms with Crippen LogP contribution in [0.1, 0.15) is 24.2 Å². The molecule has 0 bridgehead atoms. The summed E-state index contributed by atoms with van der Waals surface area (Å²) in [7, 11) is 1.59. The minimum Gasteiger partial charge on any atom is -0.373 e. The molecule has 2 nitrogen and oxygen atoms in total. The number of rotatable bonds is 4. The third-order valence-corrected chi connectivity index (χ3v) is 3.17. The van der Waals surface area contributed by atoms with E-state index in [1.54, 1.807) is 7.11 Å². The van der Waals surface area contributed by atoms with Crippen molar-refractivity contribution in [2.45, 2.75) is 20.0 Å². The molecule has 0 amide bonds. The van der Waals surface area contributed by atoms with Crippen molar-refractivity contribution in [3.63, 3.8) is 0 Å². The monoisotopic (exact) mass is 242 g/mol. The van der Waals surface area contributed by atoms with Gasteiger partial charge in [0.15, 0.2) is 5.78 Å². The zero-order chi connectivity index (χ0) is 13.1. The molecule has 94 valence electrons. The lowest BCUT2D eigenvalue weighted by Crippen LogP contribution is -2.28. The van der Waals surface area contributed by atoms with Gasteiger partial charge in [0.1, 0.15) is 6.10 Å². The number of fused-ring (bicyclic) bond motifs is 1. The van der Waals surface area contributed by atoms with Crippen molar-refractivity contribution in [2.75, 3.05) is 7.11 Å².